The number of amides is 1. The van der Waals surface area contributed by atoms with Gasteiger partial charge in [-0.05, 0) is 50.3 Å². The number of carbonyl (C=O) groups excluding carboxylic acids is 1. The van der Waals surface area contributed by atoms with Gasteiger partial charge in [-0.1, -0.05) is 6.07 Å². The van der Waals surface area contributed by atoms with Crippen molar-refractivity contribution in [3.05, 3.63) is 23.3 Å². The van der Waals surface area contributed by atoms with E-state index in [1.54, 1.807) is 0 Å². The Morgan fingerprint density at radius 2 is 2.20 bits per heavy atom. The smallest absolute Gasteiger partial charge is 0.242 e. The number of carbonyl (C=O) groups is 1. The highest BCUT2D eigenvalue weighted by Gasteiger charge is 2.32. The van der Waals surface area contributed by atoms with Crippen LogP contribution in [0.5, 0.6) is 0 Å². The highest BCUT2D eigenvalue weighted by Crippen LogP contribution is 2.32. The third kappa shape index (κ3) is 2.35. The number of fused-ring (bicyclic) bond motifs is 1. The van der Waals surface area contributed by atoms with Crippen molar-refractivity contribution < 1.29 is 4.79 Å². The molecule has 1 fully saturated rings. The van der Waals surface area contributed by atoms with Crippen LogP contribution in [-0.4, -0.2) is 36.5 Å². The van der Waals surface area contributed by atoms with Crippen molar-refractivity contribution in [1.29, 1.82) is 0 Å². The quantitative estimate of drug-likeness (QED) is 0.853. The first-order valence-corrected chi connectivity index (χ1v) is 7.53. The Labute approximate surface area is 120 Å². The lowest BCUT2D eigenvalue weighted by atomic mass is 10.1. The Balaban J connectivity index is 1.74. The van der Waals surface area contributed by atoms with Crippen LogP contribution in [0, 0.1) is 6.92 Å². The maximum absolute atomic E-state index is 12.4. The van der Waals surface area contributed by atoms with Gasteiger partial charge in [0, 0.05) is 30.5 Å². The second-order valence-corrected chi connectivity index (χ2v) is 5.92. The Bertz CT molecular complexity index is 537. The summed E-state index contributed by atoms with van der Waals surface area (Å²) in [5.41, 5.74) is 10.4. The molecular formula is C16H23N3O. The fraction of sp³-hybridized carbons (Fsp3) is 0.562. The summed E-state index contributed by atoms with van der Waals surface area (Å²) < 4.78 is 0. The minimum absolute atomic E-state index is 0.252. The number of nitrogens with zero attached hydrogens (tertiary/aromatic N) is 2. The molecule has 1 aromatic carbocycles. The van der Waals surface area contributed by atoms with E-state index in [-0.39, 0.29) is 5.91 Å². The van der Waals surface area contributed by atoms with E-state index in [0.717, 1.165) is 36.4 Å². The van der Waals surface area contributed by atoms with Crippen LogP contribution in [0.15, 0.2) is 12.1 Å². The van der Waals surface area contributed by atoms with E-state index < -0.39 is 0 Å². The molecule has 0 saturated heterocycles. The molecule has 1 saturated carbocycles. The first-order valence-electron chi connectivity index (χ1n) is 7.53. The van der Waals surface area contributed by atoms with E-state index in [1.165, 1.54) is 18.4 Å². The summed E-state index contributed by atoms with van der Waals surface area (Å²) in [4.78, 5) is 16.6. The summed E-state index contributed by atoms with van der Waals surface area (Å²) in [6, 6.07) is 4.68. The fourth-order valence-electron chi connectivity index (χ4n) is 3.09. The van der Waals surface area contributed by atoms with E-state index in [0.29, 0.717) is 12.6 Å². The van der Waals surface area contributed by atoms with Crippen molar-refractivity contribution in [3.63, 3.8) is 0 Å². The number of hydrogen-bond donors (Lipinski definition) is 1. The molecule has 3 rings (SSSR count). The number of aryl methyl sites for hydroxylation is 1. The molecule has 1 aliphatic carbocycles. The molecule has 0 radical (unpaired) electrons. The average Bonchev–Trinajstić information content (AvgIpc) is 3.17. The number of rotatable bonds is 4. The van der Waals surface area contributed by atoms with Crippen molar-refractivity contribution >= 4 is 17.3 Å². The minimum Gasteiger partial charge on any atom is -0.398 e. The molecule has 1 amide bonds. The summed E-state index contributed by atoms with van der Waals surface area (Å²) in [5, 5.41) is 0. The van der Waals surface area contributed by atoms with Crippen LogP contribution < -0.4 is 10.6 Å². The van der Waals surface area contributed by atoms with Crippen LogP contribution in [0.2, 0.25) is 0 Å². The molecule has 0 aromatic heterocycles. The lowest BCUT2D eigenvalue weighted by Gasteiger charge is -2.25. The Kier molecular flexibility index (Phi) is 3.32. The van der Waals surface area contributed by atoms with E-state index in [2.05, 4.69) is 17.9 Å². The summed E-state index contributed by atoms with van der Waals surface area (Å²) in [5.74, 6) is 0.252. The van der Waals surface area contributed by atoms with Crippen molar-refractivity contribution in [1.82, 2.24) is 4.90 Å². The van der Waals surface area contributed by atoms with Crippen molar-refractivity contribution in [2.45, 2.75) is 39.2 Å². The van der Waals surface area contributed by atoms with Gasteiger partial charge in [-0.2, -0.15) is 0 Å². The highest BCUT2D eigenvalue weighted by molar-refractivity contribution is 5.83. The number of likely N-dealkylation sites (N-methyl/N-ethyl adjacent to an activating group) is 1. The summed E-state index contributed by atoms with van der Waals surface area (Å²) >= 11 is 0. The summed E-state index contributed by atoms with van der Waals surface area (Å²) in [7, 11) is 0. The van der Waals surface area contributed by atoms with Gasteiger partial charge in [0.15, 0.2) is 0 Å². The standard InChI is InChI=1S/C16H23N3O/c1-3-19(13-4-5-13)16(20)10-18-7-6-12-8-11(2)14(17)9-15(12)18/h8-9,13H,3-7,10,17H2,1-2H3. The monoisotopic (exact) mass is 273 g/mol. The van der Waals surface area contributed by atoms with Gasteiger partial charge < -0.3 is 15.5 Å². The number of nitrogens with two attached hydrogens (primary N) is 1. The molecule has 1 aliphatic heterocycles. The zero-order valence-corrected chi connectivity index (χ0v) is 12.4. The molecule has 2 N–H and O–H groups in total. The minimum atomic E-state index is 0.252. The molecule has 4 nitrogen and oxygen atoms in total. The Hall–Kier alpha value is -1.71. The second kappa shape index (κ2) is 5.00. The molecule has 4 heteroatoms. The van der Waals surface area contributed by atoms with Crippen LogP contribution in [-0.2, 0) is 11.2 Å². The third-order valence-corrected chi connectivity index (χ3v) is 4.43. The first kappa shape index (κ1) is 13.3. The zero-order chi connectivity index (χ0) is 14.3. The number of nitrogen functional groups attached to an aromatic ring is 1. The first-order chi connectivity index (χ1) is 9.60. The average molecular weight is 273 g/mol. The highest BCUT2D eigenvalue weighted by atomic mass is 16.2. The SMILES string of the molecule is CCN(C(=O)CN1CCc2cc(C)c(N)cc21)C1CC1. The summed E-state index contributed by atoms with van der Waals surface area (Å²) in [6.45, 7) is 6.33. The maximum Gasteiger partial charge on any atom is 0.242 e. The molecule has 1 aromatic rings. The number of benzene rings is 1. The van der Waals surface area contributed by atoms with E-state index in [1.807, 2.05) is 17.9 Å². The predicted octanol–water partition coefficient (Wildman–Crippen LogP) is 1.95. The molecule has 20 heavy (non-hydrogen) atoms. The van der Waals surface area contributed by atoms with Crippen LogP contribution in [0.3, 0.4) is 0 Å². The molecule has 0 bridgehead atoms. The van der Waals surface area contributed by atoms with Gasteiger partial charge in [-0.3, -0.25) is 4.79 Å². The molecule has 1 heterocycles. The van der Waals surface area contributed by atoms with Gasteiger partial charge in [-0.15, -0.1) is 0 Å². The van der Waals surface area contributed by atoms with Gasteiger partial charge in [0.25, 0.3) is 0 Å². The number of hydrogen-bond acceptors (Lipinski definition) is 3. The van der Waals surface area contributed by atoms with Gasteiger partial charge in [0.2, 0.25) is 5.91 Å². The zero-order valence-electron chi connectivity index (χ0n) is 12.4. The molecular weight excluding hydrogens is 250 g/mol. The summed E-state index contributed by atoms with van der Waals surface area (Å²) in [6.07, 6.45) is 3.35. The van der Waals surface area contributed by atoms with Crippen LogP contribution in [0.1, 0.15) is 30.9 Å². The normalized spacial score (nSPS) is 17.2. The van der Waals surface area contributed by atoms with Crippen molar-refractivity contribution in [2.24, 2.45) is 0 Å². The van der Waals surface area contributed by atoms with E-state index in [4.69, 9.17) is 5.73 Å². The van der Waals surface area contributed by atoms with Gasteiger partial charge in [-0.25, -0.2) is 0 Å². The molecule has 108 valence electrons. The van der Waals surface area contributed by atoms with Gasteiger partial charge in [0.05, 0.1) is 6.54 Å². The molecule has 2 aliphatic rings. The lowest BCUT2D eigenvalue weighted by molar-refractivity contribution is -0.130. The Morgan fingerprint density at radius 1 is 1.45 bits per heavy atom. The molecule has 0 unspecified atom stereocenters. The lowest BCUT2D eigenvalue weighted by Crippen LogP contribution is -2.41. The van der Waals surface area contributed by atoms with Crippen LogP contribution >= 0.6 is 0 Å². The predicted molar refractivity (Wildman–Crippen MR) is 81.9 cm³/mol. The maximum atomic E-state index is 12.4. The second-order valence-electron chi connectivity index (χ2n) is 5.92. The van der Waals surface area contributed by atoms with Crippen molar-refractivity contribution in [2.75, 3.05) is 30.3 Å². The van der Waals surface area contributed by atoms with Crippen molar-refractivity contribution in [3.8, 4) is 0 Å². The third-order valence-electron chi connectivity index (χ3n) is 4.43. The Morgan fingerprint density at radius 3 is 2.85 bits per heavy atom. The van der Waals surface area contributed by atoms with Crippen LogP contribution in [0.25, 0.3) is 0 Å². The van der Waals surface area contributed by atoms with Gasteiger partial charge >= 0.3 is 0 Å². The molecule has 0 atom stereocenters. The van der Waals surface area contributed by atoms with Gasteiger partial charge in [0.1, 0.15) is 0 Å². The van der Waals surface area contributed by atoms with E-state index >= 15 is 0 Å². The van der Waals surface area contributed by atoms with E-state index in [9.17, 15) is 4.79 Å². The molecule has 0 spiro atoms. The topological polar surface area (TPSA) is 49.6 Å². The fourth-order valence-corrected chi connectivity index (χ4v) is 3.09. The largest absolute Gasteiger partial charge is 0.398 e. The van der Waals surface area contributed by atoms with Crippen LogP contribution in [0.4, 0.5) is 11.4 Å². The number of anilines is 2.